The van der Waals surface area contributed by atoms with Gasteiger partial charge in [-0.3, -0.25) is 0 Å². The van der Waals surface area contributed by atoms with E-state index < -0.39 is 17.9 Å². The number of carboxylic acid groups (broad SMARTS) is 3. The van der Waals surface area contributed by atoms with E-state index in [0.29, 0.717) is 0 Å². The maximum Gasteiger partial charge on any atom is 2.00 e. The molecular weight excluding hydrogens is 399 g/mol. The van der Waals surface area contributed by atoms with Crippen molar-refractivity contribution in [2.45, 2.75) is 0 Å². The Bertz CT molecular complexity index is 374. The Hall–Kier alpha value is -1.68. The van der Waals surface area contributed by atoms with E-state index in [1.165, 1.54) is 0 Å². The molecular formula is C9H6O6Pt+2. The van der Waals surface area contributed by atoms with Crippen LogP contribution in [-0.4, -0.2) is 33.2 Å². The van der Waals surface area contributed by atoms with Gasteiger partial charge >= 0.3 is 39.0 Å². The van der Waals surface area contributed by atoms with Crippen LogP contribution in [0.5, 0.6) is 0 Å². The molecule has 0 heterocycles. The Labute approximate surface area is 104 Å². The molecule has 0 atom stereocenters. The first kappa shape index (κ1) is 14.3. The Kier molecular flexibility index (Phi) is 4.85. The maximum absolute atomic E-state index is 10.6. The second-order valence-electron chi connectivity index (χ2n) is 2.71. The number of rotatable bonds is 3. The molecule has 0 aliphatic heterocycles. The second-order valence-corrected chi connectivity index (χ2v) is 2.71. The van der Waals surface area contributed by atoms with Crippen molar-refractivity contribution in [2.24, 2.45) is 0 Å². The Morgan fingerprint density at radius 2 is 0.875 bits per heavy atom. The van der Waals surface area contributed by atoms with Crippen LogP contribution in [0.3, 0.4) is 0 Å². The quantitative estimate of drug-likeness (QED) is 0.686. The van der Waals surface area contributed by atoms with Gasteiger partial charge in [0.25, 0.3) is 0 Å². The zero-order valence-corrected chi connectivity index (χ0v) is 9.89. The minimum absolute atomic E-state index is 0. The molecule has 86 valence electrons. The van der Waals surface area contributed by atoms with E-state index in [4.69, 9.17) is 15.3 Å². The summed E-state index contributed by atoms with van der Waals surface area (Å²) in [6, 6.07) is 2.70. The molecule has 0 fully saturated rings. The molecule has 0 amide bonds. The van der Waals surface area contributed by atoms with Crippen molar-refractivity contribution in [2.75, 3.05) is 0 Å². The Morgan fingerprint density at radius 1 is 0.688 bits per heavy atom. The molecule has 0 aliphatic rings. The average Bonchev–Trinajstić information content (AvgIpc) is 2.16. The third-order valence-electron chi connectivity index (χ3n) is 1.67. The van der Waals surface area contributed by atoms with Crippen molar-refractivity contribution >= 4 is 17.9 Å². The van der Waals surface area contributed by atoms with Gasteiger partial charge in [-0.2, -0.15) is 0 Å². The van der Waals surface area contributed by atoms with Gasteiger partial charge in [-0.25, -0.2) is 14.4 Å². The van der Waals surface area contributed by atoms with Crippen LogP contribution in [0.4, 0.5) is 0 Å². The molecule has 1 rings (SSSR count). The number of hydrogen-bond acceptors (Lipinski definition) is 3. The summed E-state index contributed by atoms with van der Waals surface area (Å²) in [4.78, 5) is 31.7. The van der Waals surface area contributed by atoms with Gasteiger partial charge in [0, 0.05) is 0 Å². The SMILES string of the molecule is O=C(O)c1cc(C(=O)O)cc(C(=O)O)c1.[Pt+2]. The van der Waals surface area contributed by atoms with E-state index in [-0.39, 0.29) is 37.8 Å². The minimum atomic E-state index is -1.37. The van der Waals surface area contributed by atoms with Gasteiger partial charge < -0.3 is 15.3 Å². The van der Waals surface area contributed by atoms with Gasteiger partial charge in [-0.1, -0.05) is 0 Å². The fourth-order valence-electron chi connectivity index (χ4n) is 0.998. The monoisotopic (exact) mass is 405 g/mol. The predicted octanol–water partition coefficient (Wildman–Crippen LogP) is 0.779. The van der Waals surface area contributed by atoms with Crippen molar-refractivity contribution in [3.63, 3.8) is 0 Å². The standard InChI is InChI=1S/C9H6O6.Pt/c10-7(11)4-1-5(8(12)13)3-6(2-4)9(14)15;/h1-3H,(H,10,11)(H,12,13)(H,14,15);/q;+2. The van der Waals surface area contributed by atoms with Gasteiger partial charge in [-0.05, 0) is 18.2 Å². The molecule has 16 heavy (non-hydrogen) atoms. The molecule has 0 aromatic heterocycles. The van der Waals surface area contributed by atoms with Gasteiger partial charge in [-0.15, -0.1) is 0 Å². The van der Waals surface area contributed by atoms with Crippen molar-refractivity contribution in [1.29, 1.82) is 0 Å². The summed E-state index contributed by atoms with van der Waals surface area (Å²) in [6.45, 7) is 0. The molecule has 0 bridgehead atoms. The molecule has 0 saturated heterocycles. The first-order valence-corrected chi connectivity index (χ1v) is 3.77. The van der Waals surface area contributed by atoms with Crippen LogP contribution in [0, 0.1) is 0 Å². The molecule has 0 saturated carbocycles. The van der Waals surface area contributed by atoms with Crippen LogP contribution in [0.1, 0.15) is 31.1 Å². The van der Waals surface area contributed by atoms with Crippen LogP contribution in [0.25, 0.3) is 0 Å². The van der Waals surface area contributed by atoms with E-state index in [9.17, 15) is 14.4 Å². The first-order chi connectivity index (χ1) is 6.91. The van der Waals surface area contributed by atoms with Crippen LogP contribution < -0.4 is 0 Å². The third-order valence-corrected chi connectivity index (χ3v) is 1.67. The summed E-state index contributed by atoms with van der Waals surface area (Å²) in [5, 5.41) is 25.8. The number of carbonyl (C=O) groups is 3. The zero-order chi connectivity index (χ0) is 11.6. The van der Waals surface area contributed by atoms with E-state index in [2.05, 4.69) is 0 Å². The summed E-state index contributed by atoms with van der Waals surface area (Å²) >= 11 is 0. The minimum Gasteiger partial charge on any atom is -0.478 e. The van der Waals surface area contributed by atoms with Crippen LogP contribution >= 0.6 is 0 Å². The van der Waals surface area contributed by atoms with Crippen LogP contribution in [0.15, 0.2) is 18.2 Å². The van der Waals surface area contributed by atoms with Gasteiger partial charge in [0.1, 0.15) is 0 Å². The Balaban J connectivity index is 0.00000225. The molecule has 7 heteroatoms. The molecule has 0 aliphatic carbocycles. The normalized spacial score (nSPS) is 9.00. The number of carboxylic acids is 3. The molecule has 0 radical (unpaired) electrons. The summed E-state index contributed by atoms with van der Waals surface area (Å²) in [5.41, 5.74) is -1.10. The Morgan fingerprint density at radius 3 is 1.00 bits per heavy atom. The zero-order valence-electron chi connectivity index (χ0n) is 7.61. The summed E-state index contributed by atoms with van der Waals surface area (Å²) in [6.07, 6.45) is 0. The molecule has 6 nitrogen and oxygen atoms in total. The average molecular weight is 405 g/mol. The van der Waals surface area contributed by atoms with Crippen molar-refractivity contribution in [1.82, 2.24) is 0 Å². The number of aromatic carboxylic acids is 3. The molecule has 0 spiro atoms. The van der Waals surface area contributed by atoms with E-state index in [1.807, 2.05) is 0 Å². The van der Waals surface area contributed by atoms with Crippen LogP contribution in [0.2, 0.25) is 0 Å². The summed E-state index contributed by atoms with van der Waals surface area (Å²) in [5.74, 6) is -4.12. The first-order valence-electron chi connectivity index (χ1n) is 3.77. The third kappa shape index (κ3) is 3.17. The maximum atomic E-state index is 10.6. The largest absolute Gasteiger partial charge is 2.00 e. The molecule has 1 aromatic carbocycles. The fraction of sp³-hybridized carbons (Fsp3) is 0. The fourth-order valence-corrected chi connectivity index (χ4v) is 0.998. The number of benzene rings is 1. The van der Waals surface area contributed by atoms with Crippen molar-refractivity contribution in [3.8, 4) is 0 Å². The summed E-state index contributed by atoms with van der Waals surface area (Å²) in [7, 11) is 0. The molecule has 1 aromatic rings. The summed E-state index contributed by atoms with van der Waals surface area (Å²) < 4.78 is 0. The smallest absolute Gasteiger partial charge is 0.478 e. The van der Waals surface area contributed by atoms with E-state index >= 15 is 0 Å². The van der Waals surface area contributed by atoms with E-state index in [0.717, 1.165) is 18.2 Å². The van der Waals surface area contributed by atoms with Crippen molar-refractivity contribution in [3.05, 3.63) is 34.9 Å². The van der Waals surface area contributed by atoms with E-state index in [1.54, 1.807) is 0 Å². The van der Waals surface area contributed by atoms with Crippen LogP contribution in [-0.2, 0) is 21.1 Å². The topological polar surface area (TPSA) is 112 Å². The van der Waals surface area contributed by atoms with Gasteiger partial charge in [0.05, 0.1) is 16.7 Å². The molecule has 0 unspecified atom stereocenters. The predicted molar refractivity (Wildman–Crippen MR) is 47.3 cm³/mol. The van der Waals surface area contributed by atoms with Gasteiger partial charge in [0.2, 0.25) is 0 Å². The van der Waals surface area contributed by atoms with Crippen molar-refractivity contribution < 1.29 is 50.8 Å². The second kappa shape index (κ2) is 5.42. The number of hydrogen-bond donors (Lipinski definition) is 3. The van der Waals surface area contributed by atoms with Gasteiger partial charge in [0.15, 0.2) is 0 Å². The molecule has 3 N–H and O–H groups in total.